The first-order chi connectivity index (χ1) is 9.90. The fourth-order valence-electron chi connectivity index (χ4n) is 1.38. The average molecular weight is 407 g/mol. The number of halogens is 1. The van der Waals surface area contributed by atoms with Gasteiger partial charge in [0.1, 0.15) is 6.61 Å². The Hall–Kier alpha value is -1.88. The molecule has 1 rings (SSSR count). The number of carbonyl (C=O) groups excluding carboxylic acids is 2. The van der Waals surface area contributed by atoms with Crippen molar-refractivity contribution in [3.05, 3.63) is 27.3 Å². The molecule has 8 nitrogen and oxygen atoms in total. The summed E-state index contributed by atoms with van der Waals surface area (Å²) in [6.45, 7) is 0.0598. The molecule has 0 radical (unpaired) electrons. The van der Waals surface area contributed by atoms with Gasteiger partial charge in [0.2, 0.25) is 5.91 Å². The second-order valence-electron chi connectivity index (χ2n) is 3.89. The van der Waals surface area contributed by atoms with E-state index in [2.05, 4.69) is 10.6 Å². The Morgan fingerprint density at radius 3 is 2.67 bits per heavy atom. The molecule has 0 aliphatic heterocycles. The number of urea groups is 1. The molecule has 1 aromatic carbocycles. The minimum atomic E-state index is -1.13. The molecular weight excluding hydrogens is 393 g/mol. The third kappa shape index (κ3) is 6.40. The Bertz CT molecular complexity index is 550. The molecule has 1 aromatic rings. The van der Waals surface area contributed by atoms with E-state index in [1.807, 2.05) is 22.6 Å². The Labute approximate surface area is 134 Å². The summed E-state index contributed by atoms with van der Waals surface area (Å²) in [4.78, 5) is 33.1. The number of carbonyl (C=O) groups is 3. The number of hydrogen-bond acceptors (Lipinski definition) is 4. The van der Waals surface area contributed by atoms with E-state index < -0.39 is 17.9 Å². The summed E-state index contributed by atoms with van der Waals surface area (Å²) < 4.78 is 5.61. The highest BCUT2D eigenvalue weighted by molar-refractivity contribution is 14.1. The number of carboxylic acid groups (broad SMARTS) is 1. The van der Waals surface area contributed by atoms with Gasteiger partial charge in [0.15, 0.2) is 0 Å². The van der Waals surface area contributed by atoms with Gasteiger partial charge in [-0.25, -0.2) is 9.59 Å². The Kier molecular flexibility index (Phi) is 6.88. The number of amides is 3. The molecule has 0 bridgehead atoms. The zero-order valence-electron chi connectivity index (χ0n) is 10.9. The predicted octanol–water partition coefficient (Wildman–Crippen LogP) is 0.613. The monoisotopic (exact) mass is 407 g/mol. The summed E-state index contributed by atoms with van der Waals surface area (Å²) >= 11 is 1.98. The first-order valence-electron chi connectivity index (χ1n) is 5.84. The van der Waals surface area contributed by atoms with Crippen molar-refractivity contribution in [2.75, 3.05) is 25.1 Å². The number of carboxylic acids is 1. The second-order valence-corrected chi connectivity index (χ2v) is 5.14. The molecule has 0 fully saturated rings. The van der Waals surface area contributed by atoms with E-state index in [4.69, 9.17) is 15.6 Å². The number of aromatic carboxylic acids is 1. The van der Waals surface area contributed by atoms with Gasteiger partial charge in [0.05, 0.1) is 17.9 Å². The van der Waals surface area contributed by atoms with Crippen LogP contribution in [0, 0.1) is 3.57 Å². The van der Waals surface area contributed by atoms with Crippen molar-refractivity contribution in [1.82, 2.24) is 5.32 Å². The average Bonchev–Trinajstić information content (AvgIpc) is 2.39. The van der Waals surface area contributed by atoms with Gasteiger partial charge in [-0.05, 0) is 40.8 Å². The first-order valence-corrected chi connectivity index (χ1v) is 6.91. The molecule has 0 unspecified atom stereocenters. The van der Waals surface area contributed by atoms with Crippen LogP contribution in [0.5, 0.6) is 0 Å². The lowest BCUT2D eigenvalue weighted by molar-refractivity contribution is -0.122. The maximum absolute atomic E-state index is 11.6. The third-order valence-corrected chi connectivity index (χ3v) is 2.91. The van der Waals surface area contributed by atoms with E-state index in [0.29, 0.717) is 0 Å². The molecule has 0 aliphatic carbocycles. The lowest BCUT2D eigenvalue weighted by atomic mass is 10.2. The zero-order valence-corrected chi connectivity index (χ0v) is 13.0. The van der Waals surface area contributed by atoms with Crippen molar-refractivity contribution >= 4 is 46.2 Å². The number of benzene rings is 1. The van der Waals surface area contributed by atoms with Crippen LogP contribution in [0.3, 0.4) is 0 Å². The van der Waals surface area contributed by atoms with Crippen LogP contribution < -0.4 is 16.4 Å². The maximum Gasteiger partial charge on any atom is 0.337 e. The van der Waals surface area contributed by atoms with Crippen LogP contribution in [0.2, 0.25) is 0 Å². The van der Waals surface area contributed by atoms with Gasteiger partial charge < -0.3 is 26.2 Å². The number of anilines is 1. The largest absolute Gasteiger partial charge is 0.478 e. The van der Waals surface area contributed by atoms with Crippen LogP contribution in [0.25, 0.3) is 0 Å². The second kappa shape index (κ2) is 8.42. The molecule has 0 saturated heterocycles. The molecule has 9 heteroatoms. The van der Waals surface area contributed by atoms with Gasteiger partial charge in [0, 0.05) is 10.1 Å². The van der Waals surface area contributed by atoms with E-state index in [-0.39, 0.29) is 31.0 Å². The van der Waals surface area contributed by atoms with Gasteiger partial charge in [-0.2, -0.15) is 0 Å². The van der Waals surface area contributed by atoms with Gasteiger partial charge in [-0.15, -0.1) is 0 Å². The third-order valence-electron chi connectivity index (χ3n) is 2.24. The van der Waals surface area contributed by atoms with E-state index >= 15 is 0 Å². The fraction of sp³-hybridized carbons (Fsp3) is 0.250. The van der Waals surface area contributed by atoms with Crippen molar-refractivity contribution in [2.24, 2.45) is 5.73 Å². The Morgan fingerprint density at radius 2 is 2.05 bits per heavy atom. The molecule has 114 valence electrons. The fourth-order valence-corrected chi connectivity index (χ4v) is 1.87. The summed E-state index contributed by atoms with van der Waals surface area (Å²) in [6.07, 6.45) is 0. The minimum Gasteiger partial charge on any atom is -0.478 e. The van der Waals surface area contributed by atoms with Crippen molar-refractivity contribution in [2.45, 2.75) is 0 Å². The van der Waals surface area contributed by atoms with E-state index in [0.717, 1.165) is 3.57 Å². The first kappa shape index (κ1) is 17.2. The van der Waals surface area contributed by atoms with Crippen molar-refractivity contribution in [3.8, 4) is 0 Å². The lowest BCUT2D eigenvalue weighted by Gasteiger charge is -2.10. The number of primary amides is 1. The summed E-state index contributed by atoms with van der Waals surface area (Å²) in [6, 6.07) is 4.07. The van der Waals surface area contributed by atoms with Gasteiger partial charge in [0.25, 0.3) is 0 Å². The van der Waals surface area contributed by atoms with E-state index in [1.165, 1.54) is 12.1 Å². The molecular formula is C12H14IN3O5. The molecule has 3 amide bonds. The molecule has 0 heterocycles. The van der Waals surface area contributed by atoms with Crippen LogP contribution in [-0.4, -0.2) is 42.8 Å². The topological polar surface area (TPSA) is 131 Å². The number of nitrogens with one attached hydrogen (secondary N) is 2. The summed E-state index contributed by atoms with van der Waals surface area (Å²) in [5.74, 6) is -1.72. The molecule has 0 aliphatic rings. The van der Waals surface area contributed by atoms with Crippen LogP contribution in [0.1, 0.15) is 10.4 Å². The highest BCUT2D eigenvalue weighted by atomic mass is 127. The maximum atomic E-state index is 11.6. The zero-order chi connectivity index (χ0) is 15.8. The van der Waals surface area contributed by atoms with Gasteiger partial charge >= 0.3 is 12.0 Å². The van der Waals surface area contributed by atoms with Crippen molar-refractivity contribution < 1.29 is 24.2 Å². The molecule has 0 spiro atoms. The Morgan fingerprint density at radius 1 is 1.33 bits per heavy atom. The smallest absolute Gasteiger partial charge is 0.337 e. The Balaban J connectivity index is 2.48. The SMILES string of the molecule is NC(=O)COCCNC(=O)Nc1ccc(I)cc1C(=O)O. The molecule has 0 atom stereocenters. The van der Waals surface area contributed by atoms with Crippen molar-refractivity contribution in [1.29, 1.82) is 0 Å². The standard InChI is InChI=1S/C12H14IN3O5/c13-7-1-2-9(8(5-7)11(18)19)16-12(20)15-3-4-21-6-10(14)17/h1-2,5H,3-4,6H2,(H2,14,17)(H,18,19)(H2,15,16,20). The van der Waals surface area contributed by atoms with Crippen LogP contribution in [0.15, 0.2) is 18.2 Å². The normalized spacial score (nSPS) is 9.95. The quantitative estimate of drug-likeness (QED) is 0.389. The number of hydrogen-bond donors (Lipinski definition) is 4. The molecule has 21 heavy (non-hydrogen) atoms. The van der Waals surface area contributed by atoms with Gasteiger partial charge in [-0.3, -0.25) is 4.79 Å². The lowest BCUT2D eigenvalue weighted by Crippen LogP contribution is -2.32. The van der Waals surface area contributed by atoms with Crippen LogP contribution >= 0.6 is 22.6 Å². The molecule has 0 saturated carbocycles. The molecule has 5 N–H and O–H groups in total. The minimum absolute atomic E-state index is 0.00188. The number of nitrogens with two attached hydrogens (primary N) is 1. The van der Waals surface area contributed by atoms with E-state index in [1.54, 1.807) is 6.07 Å². The van der Waals surface area contributed by atoms with Crippen molar-refractivity contribution in [3.63, 3.8) is 0 Å². The van der Waals surface area contributed by atoms with Gasteiger partial charge in [-0.1, -0.05) is 0 Å². The highest BCUT2D eigenvalue weighted by Crippen LogP contribution is 2.18. The highest BCUT2D eigenvalue weighted by Gasteiger charge is 2.12. The molecule has 0 aromatic heterocycles. The number of ether oxygens (including phenoxy) is 1. The van der Waals surface area contributed by atoms with E-state index in [9.17, 15) is 14.4 Å². The predicted molar refractivity (Wildman–Crippen MR) is 83.2 cm³/mol. The van der Waals surface area contributed by atoms with Crippen LogP contribution in [0.4, 0.5) is 10.5 Å². The summed E-state index contributed by atoms with van der Waals surface area (Å²) in [5.41, 5.74) is 5.07. The summed E-state index contributed by atoms with van der Waals surface area (Å²) in [5, 5.41) is 14.0. The van der Waals surface area contributed by atoms with Crippen LogP contribution in [-0.2, 0) is 9.53 Å². The number of rotatable bonds is 7. The summed E-state index contributed by atoms with van der Waals surface area (Å²) in [7, 11) is 0.